The predicted octanol–water partition coefficient (Wildman–Crippen LogP) is 1.56. The van der Waals surface area contributed by atoms with E-state index in [1.807, 2.05) is 18.7 Å². The van der Waals surface area contributed by atoms with Crippen molar-refractivity contribution in [2.24, 2.45) is 0 Å². The Morgan fingerprint density at radius 1 is 1.33 bits per heavy atom. The van der Waals surface area contributed by atoms with Crippen molar-refractivity contribution >= 4 is 16.3 Å². The second-order valence-corrected chi connectivity index (χ2v) is 6.91. The topological polar surface area (TPSA) is 29.5 Å². The smallest absolute Gasteiger partial charge is 0.410 e. The molecule has 4 heteroatoms. The van der Waals surface area contributed by atoms with Crippen LogP contribution in [0.2, 0.25) is 5.54 Å². The van der Waals surface area contributed by atoms with Crippen LogP contribution in [-0.2, 0) is 4.74 Å². The number of nitrogens with zero attached hydrogens (tertiary/aromatic N) is 1. The highest BCUT2D eigenvalue weighted by molar-refractivity contribution is 6.12. The molecule has 3 nitrogen and oxygen atoms in total. The van der Waals surface area contributed by atoms with Gasteiger partial charge in [0.25, 0.3) is 0 Å². The van der Waals surface area contributed by atoms with Gasteiger partial charge >= 0.3 is 6.09 Å². The Hall–Kier alpha value is -0.513. The first-order valence-electron chi connectivity index (χ1n) is 5.91. The Morgan fingerprint density at radius 3 is 2.33 bits per heavy atom. The molecule has 0 aromatic rings. The van der Waals surface area contributed by atoms with Gasteiger partial charge in [0.05, 0.1) is 0 Å². The molecule has 1 aliphatic rings. The molecule has 0 aliphatic carbocycles. The number of ether oxygens (including phenoxy) is 1. The number of likely N-dealkylation sites (tertiary alicyclic amines) is 1. The van der Waals surface area contributed by atoms with E-state index in [1.165, 1.54) is 6.42 Å². The second kappa shape index (κ2) is 5.01. The molecule has 88 valence electrons. The average molecular weight is 229 g/mol. The fourth-order valence-corrected chi connectivity index (χ4v) is 1.60. The van der Waals surface area contributed by atoms with Crippen LogP contribution in [0.1, 0.15) is 40.0 Å². The molecule has 0 N–H and O–H groups in total. The van der Waals surface area contributed by atoms with Gasteiger partial charge in [0, 0.05) is 23.3 Å². The van der Waals surface area contributed by atoms with Crippen LogP contribution in [-0.4, -0.2) is 39.9 Å². The van der Waals surface area contributed by atoms with Crippen LogP contribution >= 0.6 is 0 Å². The van der Waals surface area contributed by atoms with Crippen LogP contribution < -0.4 is 0 Å². The maximum atomic E-state index is 11.8. The highest BCUT2D eigenvalue weighted by atomic mass is 28.1. The molecule has 0 aromatic carbocycles. The second-order valence-electron chi connectivity index (χ2n) is 5.17. The van der Waals surface area contributed by atoms with Gasteiger partial charge in [0.1, 0.15) is 5.60 Å². The monoisotopic (exact) mass is 229 g/mol. The van der Waals surface area contributed by atoms with Crippen LogP contribution in [0.15, 0.2) is 0 Å². The molecule has 1 heterocycles. The maximum absolute atomic E-state index is 11.8. The zero-order valence-electron chi connectivity index (χ0n) is 10.4. The van der Waals surface area contributed by atoms with Gasteiger partial charge in [-0.1, -0.05) is 6.92 Å². The number of hydrogen-bond acceptors (Lipinski definition) is 2. The fourth-order valence-electron chi connectivity index (χ4n) is 1.48. The van der Waals surface area contributed by atoms with Crippen LogP contribution in [0, 0.1) is 0 Å². The Bertz CT molecular complexity index is 223. The van der Waals surface area contributed by atoms with E-state index in [2.05, 4.69) is 6.92 Å². The SMILES string of the molecule is CC([SiH3])C(C)(C)OC(=O)N1CCCCC1. The summed E-state index contributed by atoms with van der Waals surface area (Å²) in [6.07, 6.45) is 3.35. The minimum Gasteiger partial charge on any atom is -0.443 e. The van der Waals surface area contributed by atoms with Gasteiger partial charge in [0.2, 0.25) is 0 Å². The Labute approximate surface area is 95.6 Å². The quantitative estimate of drug-likeness (QED) is 0.673. The highest BCUT2D eigenvalue weighted by Gasteiger charge is 2.29. The van der Waals surface area contributed by atoms with Crippen LogP contribution in [0.25, 0.3) is 0 Å². The van der Waals surface area contributed by atoms with E-state index < -0.39 is 0 Å². The third-order valence-electron chi connectivity index (χ3n) is 3.36. The third kappa shape index (κ3) is 3.52. The van der Waals surface area contributed by atoms with Gasteiger partial charge in [-0.3, -0.25) is 0 Å². The first-order valence-corrected chi connectivity index (χ1v) is 7.07. The lowest BCUT2D eigenvalue weighted by atomic mass is 10.1. The molecule has 1 rings (SSSR count). The standard InChI is InChI=1S/C11H23NO2Si/c1-9(15)11(2,3)14-10(13)12-7-5-4-6-8-12/h9H,4-8H2,1-3,15H3. The van der Waals surface area contributed by atoms with Crippen molar-refractivity contribution in [2.75, 3.05) is 13.1 Å². The van der Waals surface area contributed by atoms with Crippen molar-refractivity contribution in [1.29, 1.82) is 0 Å². The molecule has 0 aromatic heterocycles. The van der Waals surface area contributed by atoms with Crippen LogP contribution in [0.5, 0.6) is 0 Å². The molecule has 15 heavy (non-hydrogen) atoms. The molecular formula is C11H23NO2Si. The van der Waals surface area contributed by atoms with E-state index in [4.69, 9.17) is 4.74 Å². The molecular weight excluding hydrogens is 206 g/mol. The number of piperidine rings is 1. The summed E-state index contributed by atoms with van der Waals surface area (Å²) in [6, 6.07) is 0. The summed E-state index contributed by atoms with van der Waals surface area (Å²) < 4.78 is 5.56. The van der Waals surface area contributed by atoms with Gasteiger partial charge in [-0.25, -0.2) is 4.79 Å². The molecule has 1 saturated heterocycles. The lowest BCUT2D eigenvalue weighted by molar-refractivity contribution is 0.00902. The molecule has 0 radical (unpaired) electrons. The van der Waals surface area contributed by atoms with E-state index in [0.29, 0.717) is 5.54 Å². The van der Waals surface area contributed by atoms with Gasteiger partial charge in [0.15, 0.2) is 0 Å². The fraction of sp³-hybridized carbons (Fsp3) is 0.909. The maximum Gasteiger partial charge on any atom is 0.410 e. The average Bonchev–Trinajstić information content (AvgIpc) is 2.18. The summed E-state index contributed by atoms with van der Waals surface area (Å²) in [5.74, 6) is 0. The summed E-state index contributed by atoms with van der Waals surface area (Å²) in [4.78, 5) is 13.7. The minimum atomic E-state index is -0.305. The van der Waals surface area contributed by atoms with Crippen molar-refractivity contribution in [3.05, 3.63) is 0 Å². The number of amides is 1. The van der Waals surface area contributed by atoms with Gasteiger partial charge in [-0.2, -0.15) is 0 Å². The van der Waals surface area contributed by atoms with E-state index in [-0.39, 0.29) is 11.7 Å². The van der Waals surface area contributed by atoms with Crippen LogP contribution in [0.3, 0.4) is 0 Å². The lowest BCUT2D eigenvalue weighted by Crippen LogP contribution is -2.42. The summed E-state index contributed by atoms with van der Waals surface area (Å²) in [5, 5.41) is 0. The number of rotatable bonds is 2. The Morgan fingerprint density at radius 2 is 1.87 bits per heavy atom. The lowest BCUT2D eigenvalue weighted by Gasteiger charge is -2.34. The van der Waals surface area contributed by atoms with E-state index >= 15 is 0 Å². The molecule has 1 amide bonds. The summed E-state index contributed by atoms with van der Waals surface area (Å²) in [6.45, 7) is 7.88. The first-order chi connectivity index (χ1) is 6.93. The Balaban J connectivity index is 2.47. The molecule has 0 spiro atoms. The highest BCUT2D eigenvalue weighted by Crippen LogP contribution is 2.24. The molecule has 1 atom stereocenters. The largest absolute Gasteiger partial charge is 0.443 e. The number of carbonyl (C=O) groups is 1. The normalized spacial score (nSPS) is 20.1. The summed E-state index contributed by atoms with van der Waals surface area (Å²) in [7, 11) is 1.05. The van der Waals surface area contributed by atoms with Gasteiger partial charge in [-0.05, 0) is 38.7 Å². The van der Waals surface area contributed by atoms with Gasteiger partial charge in [-0.15, -0.1) is 0 Å². The first kappa shape index (κ1) is 12.6. The zero-order chi connectivity index (χ0) is 11.5. The van der Waals surface area contributed by atoms with Crippen molar-refractivity contribution in [3.8, 4) is 0 Å². The molecule has 1 aliphatic heterocycles. The van der Waals surface area contributed by atoms with Crippen molar-refractivity contribution in [2.45, 2.75) is 51.2 Å². The third-order valence-corrected chi connectivity index (χ3v) is 4.75. The van der Waals surface area contributed by atoms with Crippen molar-refractivity contribution in [1.82, 2.24) is 4.90 Å². The molecule has 1 unspecified atom stereocenters. The molecule has 0 bridgehead atoms. The molecule has 0 saturated carbocycles. The molecule has 1 fully saturated rings. The Kier molecular flexibility index (Phi) is 4.19. The number of carbonyl (C=O) groups excluding carboxylic acids is 1. The van der Waals surface area contributed by atoms with Crippen molar-refractivity contribution in [3.63, 3.8) is 0 Å². The minimum absolute atomic E-state index is 0.123. The van der Waals surface area contributed by atoms with E-state index in [9.17, 15) is 4.79 Å². The summed E-state index contributed by atoms with van der Waals surface area (Å²) >= 11 is 0. The summed E-state index contributed by atoms with van der Waals surface area (Å²) in [5.41, 5.74) is 0.173. The predicted molar refractivity (Wildman–Crippen MR) is 65.3 cm³/mol. The van der Waals surface area contributed by atoms with E-state index in [0.717, 1.165) is 36.2 Å². The van der Waals surface area contributed by atoms with Gasteiger partial charge < -0.3 is 9.64 Å². The zero-order valence-corrected chi connectivity index (χ0v) is 12.4. The van der Waals surface area contributed by atoms with E-state index in [1.54, 1.807) is 0 Å². The van der Waals surface area contributed by atoms with Crippen LogP contribution in [0.4, 0.5) is 4.79 Å². The number of hydrogen-bond donors (Lipinski definition) is 0. The van der Waals surface area contributed by atoms with Crippen molar-refractivity contribution < 1.29 is 9.53 Å².